The first-order valence-corrected chi connectivity index (χ1v) is 16.5. The summed E-state index contributed by atoms with van der Waals surface area (Å²) in [6, 6.07) is 42.7. The molecule has 0 saturated heterocycles. The fourth-order valence-electron chi connectivity index (χ4n) is 6.75. The third kappa shape index (κ3) is 5.03. The average Bonchev–Trinajstić information content (AvgIpc) is 3.14. The van der Waals surface area contributed by atoms with E-state index in [1.54, 1.807) is 0 Å². The van der Waals surface area contributed by atoms with Crippen LogP contribution in [0.5, 0.6) is 0 Å². The summed E-state index contributed by atoms with van der Waals surface area (Å²) in [4.78, 5) is 20.7. The van der Waals surface area contributed by atoms with E-state index in [4.69, 9.17) is 19.9 Å². The molecule has 48 heavy (non-hydrogen) atoms. The van der Waals surface area contributed by atoms with Crippen LogP contribution in [0.25, 0.3) is 71.7 Å². The van der Waals surface area contributed by atoms with Crippen molar-refractivity contribution in [2.45, 2.75) is 26.2 Å². The maximum Gasteiger partial charge on any atom is 0.0972 e. The molecule has 1 aliphatic carbocycles. The van der Waals surface area contributed by atoms with Gasteiger partial charge >= 0.3 is 0 Å². The molecule has 8 aromatic rings. The van der Waals surface area contributed by atoms with Crippen LogP contribution in [0.15, 0.2) is 140 Å². The summed E-state index contributed by atoms with van der Waals surface area (Å²) in [7, 11) is 0. The molecule has 4 aromatic heterocycles. The summed E-state index contributed by atoms with van der Waals surface area (Å²) in [5, 5.41) is 4.35. The highest BCUT2D eigenvalue weighted by Crippen LogP contribution is 2.34. The van der Waals surface area contributed by atoms with Crippen LogP contribution in [-0.2, 0) is 0 Å². The van der Waals surface area contributed by atoms with Crippen LogP contribution in [0.3, 0.4) is 0 Å². The molecule has 0 bridgehead atoms. The van der Waals surface area contributed by atoms with E-state index in [0.717, 1.165) is 89.5 Å². The second-order valence-electron chi connectivity index (χ2n) is 12.8. The molecular formula is C44H32N4. The van der Waals surface area contributed by atoms with Crippen molar-refractivity contribution in [2.75, 3.05) is 0 Å². The van der Waals surface area contributed by atoms with E-state index in [0.29, 0.717) is 0 Å². The van der Waals surface area contributed by atoms with Gasteiger partial charge in [0.05, 0.1) is 39.1 Å². The van der Waals surface area contributed by atoms with E-state index in [2.05, 4.69) is 153 Å². The summed E-state index contributed by atoms with van der Waals surface area (Å²) in [5.41, 5.74) is 13.4. The Hall–Kier alpha value is -6.00. The minimum absolute atomic E-state index is 0.126. The lowest BCUT2D eigenvalue weighted by molar-refractivity contribution is 0.824. The zero-order chi connectivity index (χ0) is 32.2. The number of aryl methyl sites for hydroxylation is 2. The van der Waals surface area contributed by atoms with Crippen LogP contribution < -0.4 is 0 Å². The van der Waals surface area contributed by atoms with Crippen LogP contribution >= 0.6 is 0 Å². The van der Waals surface area contributed by atoms with Crippen molar-refractivity contribution in [2.24, 2.45) is 0 Å². The number of aromatic nitrogens is 4. The normalized spacial score (nSPS) is 14.6. The highest BCUT2D eigenvalue weighted by atomic mass is 14.8. The molecule has 0 fully saturated rings. The monoisotopic (exact) mass is 616 g/mol. The van der Waals surface area contributed by atoms with Gasteiger partial charge in [-0.3, -0.25) is 0 Å². The Morgan fingerprint density at radius 1 is 0.438 bits per heavy atom. The fraction of sp³-hybridized carbons (Fsp3) is 0.0909. The molecule has 9 rings (SSSR count). The first kappa shape index (κ1) is 28.2. The van der Waals surface area contributed by atoms with Crippen molar-refractivity contribution in [1.82, 2.24) is 19.9 Å². The van der Waals surface area contributed by atoms with Gasteiger partial charge < -0.3 is 0 Å². The quantitative estimate of drug-likeness (QED) is 0.185. The van der Waals surface area contributed by atoms with Gasteiger partial charge in [0, 0.05) is 44.3 Å². The van der Waals surface area contributed by atoms with Crippen molar-refractivity contribution in [3.8, 4) is 22.5 Å². The molecule has 4 heteroatoms. The molecule has 1 unspecified atom stereocenters. The zero-order valence-corrected chi connectivity index (χ0v) is 26.9. The van der Waals surface area contributed by atoms with Gasteiger partial charge in [0.1, 0.15) is 0 Å². The predicted octanol–water partition coefficient (Wildman–Crippen LogP) is 11.0. The summed E-state index contributed by atoms with van der Waals surface area (Å²) >= 11 is 0. The standard InChI is InChI=1S/C44H32N4/c1-27-6-10-29(11-7-27)37-22-18-31-14-16-33-20-24-39(47-43(33)41(31)45-37)35-4-3-5-36(26-35)40-25-21-34-17-15-32-19-23-38(46-42(32)44(34)48-40)30-12-8-28(2)9-13-30/h3-4,6-26,36H,5H2,1-2H3. The molecule has 4 nitrogen and oxygen atoms in total. The van der Waals surface area contributed by atoms with Gasteiger partial charge in [-0.05, 0) is 50.1 Å². The fourth-order valence-corrected chi connectivity index (χ4v) is 6.75. The van der Waals surface area contributed by atoms with Crippen molar-refractivity contribution < 1.29 is 0 Å². The van der Waals surface area contributed by atoms with Gasteiger partial charge in [0.25, 0.3) is 0 Å². The van der Waals surface area contributed by atoms with E-state index < -0.39 is 0 Å². The minimum Gasteiger partial charge on any atom is -0.250 e. The summed E-state index contributed by atoms with van der Waals surface area (Å²) in [6.07, 6.45) is 7.62. The smallest absolute Gasteiger partial charge is 0.0972 e. The molecular weight excluding hydrogens is 585 g/mol. The van der Waals surface area contributed by atoms with Gasteiger partial charge in [-0.1, -0.05) is 126 Å². The molecule has 4 aromatic carbocycles. The van der Waals surface area contributed by atoms with Gasteiger partial charge in [0.2, 0.25) is 0 Å². The van der Waals surface area contributed by atoms with Crippen LogP contribution in [0.2, 0.25) is 0 Å². The summed E-state index contributed by atoms with van der Waals surface area (Å²) < 4.78 is 0. The van der Waals surface area contributed by atoms with E-state index in [1.165, 1.54) is 11.1 Å². The molecule has 0 aliphatic heterocycles. The van der Waals surface area contributed by atoms with E-state index >= 15 is 0 Å². The molecule has 4 heterocycles. The summed E-state index contributed by atoms with van der Waals surface area (Å²) in [6.45, 7) is 4.21. The van der Waals surface area contributed by atoms with Crippen LogP contribution in [0.4, 0.5) is 0 Å². The first-order valence-electron chi connectivity index (χ1n) is 16.5. The van der Waals surface area contributed by atoms with Gasteiger partial charge in [-0.2, -0.15) is 0 Å². The third-order valence-electron chi connectivity index (χ3n) is 9.50. The molecule has 1 atom stereocenters. The van der Waals surface area contributed by atoms with E-state index in [9.17, 15) is 0 Å². The average molecular weight is 617 g/mol. The molecule has 1 aliphatic rings. The van der Waals surface area contributed by atoms with Crippen molar-refractivity contribution in [1.29, 1.82) is 0 Å². The Kier molecular flexibility index (Phi) is 6.68. The lowest BCUT2D eigenvalue weighted by atomic mass is 9.91. The maximum absolute atomic E-state index is 5.27. The molecule has 0 saturated carbocycles. The SMILES string of the molecule is Cc1ccc(-c2ccc3ccc4ccc(C5=CC(c6ccc7ccc8ccc(-c9ccc(C)cc9)nc8c7n6)CC=C5)nc4c3n2)cc1. The van der Waals surface area contributed by atoms with Crippen molar-refractivity contribution in [3.05, 3.63) is 162 Å². The Balaban J connectivity index is 1.11. The number of allylic oxidation sites excluding steroid dienone is 4. The number of nitrogens with zero attached hydrogens (tertiary/aromatic N) is 4. The van der Waals surface area contributed by atoms with Crippen LogP contribution in [-0.4, -0.2) is 19.9 Å². The maximum atomic E-state index is 5.27. The largest absolute Gasteiger partial charge is 0.250 e. The third-order valence-corrected chi connectivity index (χ3v) is 9.50. The number of benzene rings is 4. The first-order chi connectivity index (χ1) is 23.6. The molecule has 0 radical (unpaired) electrons. The number of rotatable bonds is 4. The van der Waals surface area contributed by atoms with Gasteiger partial charge in [-0.25, -0.2) is 19.9 Å². The van der Waals surface area contributed by atoms with Crippen LogP contribution in [0, 0.1) is 13.8 Å². The second kappa shape index (κ2) is 11.4. The predicted molar refractivity (Wildman–Crippen MR) is 199 cm³/mol. The minimum atomic E-state index is 0.126. The Bertz CT molecular complexity index is 2600. The Labute approximate surface area is 279 Å². The molecule has 0 N–H and O–H groups in total. The van der Waals surface area contributed by atoms with E-state index in [1.807, 2.05) is 0 Å². The lowest BCUT2D eigenvalue weighted by Gasteiger charge is -2.17. The second-order valence-corrected chi connectivity index (χ2v) is 12.8. The Morgan fingerprint density at radius 3 is 1.38 bits per heavy atom. The van der Waals surface area contributed by atoms with Crippen molar-refractivity contribution >= 4 is 49.2 Å². The van der Waals surface area contributed by atoms with Gasteiger partial charge in [-0.15, -0.1) is 0 Å². The van der Waals surface area contributed by atoms with Crippen LogP contribution in [0.1, 0.15) is 34.9 Å². The summed E-state index contributed by atoms with van der Waals surface area (Å²) in [5.74, 6) is 0.126. The number of pyridine rings is 4. The highest BCUT2D eigenvalue weighted by molar-refractivity contribution is 6.05. The molecule has 0 amide bonds. The van der Waals surface area contributed by atoms with E-state index in [-0.39, 0.29) is 5.92 Å². The van der Waals surface area contributed by atoms with Crippen molar-refractivity contribution in [3.63, 3.8) is 0 Å². The zero-order valence-electron chi connectivity index (χ0n) is 26.9. The number of hydrogen-bond acceptors (Lipinski definition) is 4. The highest BCUT2D eigenvalue weighted by Gasteiger charge is 2.17. The topological polar surface area (TPSA) is 51.6 Å². The number of hydrogen-bond donors (Lipinski definition) is 0. The number of fused-ring (bicyclic) bond motifs is 6. The molecule has 0 spiro atoms. The lowest BCUT2D eigenvalue weighted by Crippen LogP contribution is -2.03. The van der Waals surface area contributed by atoms with Gasteiger partial charge in [0.15, 0.2) is 0 Å². The Morgan fingerprint density at radius 2 is 0.854 bits per heavy atom. The molecule has 228 valence electrons.